The van der Waals surface area contributed by atoms with Gasteiger partial charge in [-0.3, -0.25) is 4.90 Å². The summed E-state index contributed by atoms with van der Waals surface area (Å²) in [6, 6.07) is 9.44. The maximum atomic E-state index is 17.1. The van der Waals surface area contributed by atoms with Gasteiger partial charge in [-0.2, -0.15) is 5.26 Å². The van der Waals surface area contributed by atoms with E-state index in [0.29, 0.717) is 35.2 Å². The first-order valence-corrected chi connectivity index (χ1v) is 16.4. The second-order valence-corrected chi connectivity index (χ2v) is 13.3. The van der Waals surface area contributed by atoms with Crippen LogP contribution in [0.2, 0.25) is 0 Å². The molecule has 1 amide bonds. The van der Waals surface area contributed by atoms with Crippen LogP contribution in [0.5, 0.6) is 11.5 Å². The van der Waals surface area contributed by atoms with Gasteiger partial charge in [-0.05, 0) is 63.5 Å². The number of rotatable bonds is 7. The SMILES string of the molecule is COCOc1cc(-c2c(C#N)c(OC)c3c(N4CC5CCC(C4)N5C(=O)OC(C)(C)C)nc(SC)nc3c2F)c2c(F)cccc2c1. The number of methoxy groups -OCH3 is 2. The molecule has 1 aromatic heterocycles. The molecular formula is C34H35F2N5O5S. The van der Waals surface area contributed by atoms with Crippen molar-refractivity contribution in [3.8, 4) is 28.7 Å². The predicted molar refractivity (Wildman–Crippen MR) is 175 cm³/mol. The molecule has 246 valence electrons. The number of halogens is 2. The molecule has 47 heavy (non-hydrogen) atoms. The standard InChI is InChI=1S/C34H35F2N5O5S/c1-34(2,3)46-33(42)41-19-10-11-20(41)16-40(15-19)31-27-29(38-32(39-31)47-6)28(36)26(23(14-37)30(27)44-5)22-13-21(45-17-43-4)12-18-8-7-9-24(35)25(18)22/h7-9,12-13,19-20H,10-11,15-17H2,1-6H3. The monoisotopic (exact) mass is 663 g/mol. The summed E-state index contributed by atoms with van der Waals surface area (Å²) >= 11 is 1.24. The van der Waals surface area contributed by atoms with Crippen molar-refractivity contribution < 1.29 is 32.5 Å². The molecule has 2 fully saturated rings. The van der Waals surface area contributed by atoms with Crippen LogP contribution < -0.4 is 14.4 Å². The second-order valence-electron chi connectivity index (χ2n) is 12.5. The largest absolute Gasteiger partial charge is 0.494 e. The molecule has 2 atom stereocenters. The minimum atomic E-state index is -0.819. The molecule has 0 radical (unpaired) electrons. The van der Waals surface area contributed by atoms with Gasteiger partial charge in [0, 0.05) is 36.7 Å². The van der Waals surface area contributed by atoms with Gasteiger partial charge in [-0.25, -0.2) is 23.5 Å². The zero-order valence-electron chi connectivity index (χ0n) is 27.0. The molecule has 2 saturated heterocycles. The molecule has 2 aliphatic heterocycles. The summed E-state index contributed by atoms with van der Waals surface area (Å²) in [4.78, 5) is 26.3. The van der Waals surface area contributed by atoms with Crippen LogP contribution in [0, 0.1) is 23.0 Å². The number of nitriles is 1. The van der Waals surface area contributed by atoms with Crippen molar-refractivity contribution >= 4 is 45.3 Å². The van der Waals surface area contributed by atoms with Crippen LogP contribution in [0.25, 0.3) is 32.8 Å². The number of carbonyl (C=O) groups is 1. The molecule has 6 rings (SSSR count). The Labute approximate surface area is 275 Å². The van der Waals surface area contributed by atoms with Gasteiger partial charge in [0.25, 0.3) is 0 Å². The van der Waals surface area contributed by atoms with Crippen molar-refractivity contribution in [2.75, 3.05) is 45.3 Å². The molecule has 2 aliphatic rings. The number of hydrogen-bond donors (Lipinski definition) is 0. The highest BCUT2D eigenvalue weighted by Gasteiger charge is 2.45. The first kappa shape index (κ1) is 32.5. The fourth-order valence-corrected chi connectivity index (χ4v) is 6.96. The van der Waals surface area contributed by atoms with Crippen molar-refractivity contribution in [2.45, 2.75) is 56.5 Å². The molecule has 10 nitrogen and oxygen atoms in total. The summed E-state index contributed by atoms with van der Waals surface area (Å²) in [7, 11) is 2.86. The van der Waals surface area contributed by atoms with E-state index in [0.717, 1.165) is 12.8 Å². The summed E-state index contributed by atoms with van der Waals surface area (Å²) in [5.74, 6) is -0.651. The topological polar surface area (TPSA) is 110 Å². The van der Waals surface area contributed by atoms with Crippen LogP contribution in [0.1, 0.15) is 39.2 Å². The normalized spacial score (nSPS) is 17.7. The van der Waals surface area contributed by atoms with Gasteiger partial charge in [0.2, 0.25) is 0 Å². The maximum absolute atomic E-state index is 17.1. The summed E-state index contributed by atoms with van der Waals surface area (Å²) in [6.07, 6.45) is 2.97. The van der Waals surface area contributed by atoms with Gasteiger partial charge >= 0.3 is 6.09 Å². The maximum Gasteiger partial charge on any atom is 0.410 e. The number of benzene rings is 3. The van der Waals surface area contributed by atoms with Crippen LogP contribution in [0.3, 0.4) is 0 Å². The minimum Gasteiger partial charge on any atom is -0.494 e. The van der Waals surface area contributed by atoms with Crippen LogP contribution in [-0.2, 0) is 9.47 Å². The van der Waals surface area contributed by atoms with Gasteiger partial charge in [0.05, 0.1) is 24.6 Å². The Bertz CT molecular complexity index is 1910. The molecule has 3 aromatic carbocycles. The molecule has 0 aliphatic carbocycles. The van der Waals surface area contributed by atoms with Crippen molar-refractivity contribution in [3.05, 3.63) is 47.5 Å². The van der Waals surface area contributed by atoms with Gasteiger partial charge in [-0.15, -0.1) is 0 Å². The first-order valence-electron chi connectivity index (χ1n) is 15.2. The summed E-state index contributed by atoms with van der Waals surface area (Å²) in [5, 5.41) is 11.6. The van der Waals surface area contributed by atoms with E-state index in [1.54, 1.807) is 29.4 Å². The third-order valence-electron chi connectivity index (χ3n) is 8.40. The number of amides is 1. The molecule has 2 bridgehead atoms. The lowest BCUT2D eigenvalue weighted by Gasteiger charge is -2.42. The smallest absolute Gasteiger partial charge is 0.410 e. The van der Waals surface area contributed by atoms with Crippen LogP contribution in [0.15, 0.2) is 35.5 Å². The van der Waals surface area contributed by atoms with Crippen LogP contribution in [-0.4, -0.2) is 79.0 Å². The minimum absolute atomic E-state index is 0.0659. The Morgan fingerprint density at radius 2 is 1.83 bits per heavy atom. The van der Waals surface area contributed by atoms with Gasteiger partial charge < -0.3 is 23.8 Å². The molecule has 4 aromatic rings. The number of ether oxygens (including phenoxy) is 4. The van der Waals surface area contributed by atoms with E-state index in [2.05, 4.69) is 11.1 Å². The average molecular weight is 664 g/mol. The highest BCUT2D eigenvalue weighted by Crippen LogP contribution is 2.47. The van der Waals surface area contributed by atoms with Gasteiger partial charge in [0.1, 0.15) is 40.1 Å². The Hall–Kier alpha value is -4.41. The molecule has 3 heterocycles. The van der Waals surface area contributed by atoms with Crippen LogP contribution in [0.4, 0.5) is 19.4 Å². The van der Waals surface area contributed by atoms with Gasteiger partial charge in [-0.1, -0.05) is 23.9 Å². The lowest BCUT2D eigenvalue weighted by atomic mass is 9.91. The third-order valence-corrected chi connectivity index (χ3v) is 8.95. The first-order chi connectivity index (χ1) is 22.5. The number of thioether (sulfide) groups is 1. The van der Waals surface area contributed by atoms with E-state index in [-0.39, 0.29) is 63.7 Å². The Morgan fingerprint density at radius 1 is 1.11 bits per heavy atom. The zero-order valence-corrected chi connectivity index (χ0v) is 27.8. The molecular weight excluding hydrogens is 628 g/mol. The molecule has 0 saturated carbocycles. The number of aromatic nitrogens is 2. The van der Waals surface area contributed by atoms with E-state index in [1.807, 2.05) is 25.7 Å². The predicted octanol–water partition coefficient (Wildman–Crippen LogP) is 6.90. The third kappa shape index (κ3) is 5.85. The number of fused-ring (bicyclic) bond motifs is 4. The number of nitrogens with zero attached hydrogens (tertiary/aromatic N) is 5. The summed E-state index contributed by atoms with van der Waals surface area (Å²) < 4.78 is 54.9. The number of piperazine rings is 1. The van der Waals surface area contributed by atoms with E-state index in [9.17, 15) is 10.1 Å². The van der Waals surface area contributed by atoms with Crippen molar-refractivity contribution in [3.63, 3.8) is 0 Å². The molecule has 0 N–H and O–H groups in total. The number of carbonyl (C=O) groups excluding carboxylic acids is 1. The summed E-state index contributed by atoms with van der Waals surface area (Å²) in [5.41, 5.74) is -0.899. The summed E-state index contributed by atoms with van der Waals surface area (Å²) in [6.45, 7) is 6.25. The van der Waals surface area contributed by atoms with E-state index in [4.69, 9.17) is 23.9 Å². The van der Waals surface area contributed by atoms with E-state index < -0.39 is 17.2 Å². The highest BCUT2D eigenvalue weighted by molar-refractivity contribution is 7.98. The van der Waals surface area contributed by atoms with Crippen molar-refractivity contribution in [1.82, 2.24) is 14.9 Å². The number of anilines is 1. The average Bonchev–Trinajstić information content (AvgIpc) is 3.31. The molecule has 2 unspecified atom stereocenters. The van der Waals surface area contributed by atoms with E-state index >= 15 is 8.78 Å². The second kappa shape index (κ2) is 12.7. The Morgan fingerprint density at radius 3 is 2.45 bits per heavy atom. The lowest BCUT2D eigenvalue weighted by Crippen LogP contribution is -2.57. The molecule has 0 spiro atoms. The number of hydrogen-bond acceptors (Lipinski definition) is 10. The fraction of sp³-hybridized carbons (Fsp3) is 0.412. The highest BCUT2D eigenvalue weighted by atomic mass is 32.2. The lowest BCUT2D eigenvalue weighted by molar-refractivity contribution is 0.0122. The molecule has 13 heteroatoms. The van der Waals surface area contributed by atoms with Crippen molar-refractivity contribution in [1.29, 1.82) is 5.26 Å². The Balaban J connectivity index is 1.56. The van der Waals surface area contributed by atoms with Crippen LogP contribution >= 0.6 is 11.8 Å². The fourth-order valence-electron chi connectivity index (χ4n) is 6.60. The quantitative estimate of drug-likeness (QED) is 0.118. The Kier molecular flexibility index (Phi) is 8.76. The zero-order chi connectivity index (χ0) is 33.6. The van der Waals surface area contributed by atoms with Gasteiger partial charge in [0.15, 0.2) is 23.5 Å². The van der Waals surface area contributed by atoms with E-state index in [1.165, 1.54) is 38.1 Å². The van der Waals surface area contributed by atoms with Crippen molar-refractivity contribution in [2.24, 2.45) is 0 Å².